The Balaban J connectivity index is 3.23. The summed E-state index contributed by atoms with van der Waals surface area (Å²) in [4.78, 5) is 2.44. The van der Waals surface area contributed by atoms with E-state index in [0.717, 1.165) is 32.7 Å². The zero-order chi connectivity index (χ0) is 12.9. The molecule has 0 amide bonds. The summed E-state index contributed by atoms with van der Waals surface area (Å²) < 4.78 is 10.4. The topological polar surface area (TPSA) is 33.7 Å². The number of ether oxygens (including phenoxy) is 2. The number of nitrogens with zero attached hydrogens (tertiary/aromatic N) is 1. The molecule has 1 N–H and O–H groups in total. The Hall–Kier alpha value is 0.0569. The van der Waals surface area contributed by atoms with Crippen LogP contribution in [0.5, 0.6) is 0 Å². The molecule has 0 rings (SSSR count). The van der Waals surface area contributed by atoms with Crippen LogP contribution in [0.25, 0.3) is 0 Å². The molecule has 0 aromatic carbocycles. The van der Waals surface area contributed by atoms with Crippen molar-refractivity contribution in [2.24, 2.45) is 0 Å². The normalized spacial score (nSPS) is 12.4. The van der Waals surface area contributed by atoms with Crippen LogP contribution in [0.3, 0.4) is 0 Å². The molecule has 0 radical (unpaired) electrons. The summed E-state index contributed by atoms with van der Waals surface area (Å²) in [5, 5.41) is 3.49. The summed E-state index contributed by atoms with van der Waals surface area (Å²) in [6.07, 6.45) is 1.24. The van der Waals surface area contributed by atoms with Crippen molar-refractivity contribution in [3.8, 4) is 0 Å². The lowest BCUT2D eigenvalue weighted by atomic mass is 10.4. The molecule has 0 spiro atoms. The number of methoxy groups -OCH3 is 2. The summed E-state index contributed by atoms with van der Waals surface area (Å²) in [5.74, 6) is 0.102. The zero-order valence-corrected chi connectivity index (χ0v) is 13.4. The minimum absolute atomic E-state index is 0.102. The van der Waals surface area contributed by atoms with E-state index in [-0.39, 0.29) is 15.4 Å². The van der Waals surface area contributed by atoms with Gasteiger partial charge in [-0.05, 0) is 26.1 Å². The van der Waals surface area contributed by atoms with E-state index in [2.05, 4.69) is 24.1 Å². The van der Waals surface area contributed by atoms with Crippen molar-refractivity contribution >= 4 is 9.52 Å². The van der Waals surface area contributed by atoms with Gasteiger partial charge in [0.05, 0.1) is 9.52 Å². The van der Waals surface area contributed by atoms with E-state index in [1.54, 1.807) is 14.2 Å². The molecule has 0 saturated carbocycles. The van der Waals surface area contributed by atoms with E-state index in [9.17, 15) is 0 Å². The van der Waals surface area contributed by atoms with Gasteiger partial charge in [-0.1, -0.05) is 19.9 Å². The number of nitrogens with one attached hydrogen (secondary N) is 1. The third-order valence-electron chi connectivity index (χ3n) is 3.07. The molecule has 0 saturated heterocycles. The average Bonchev–Trinajstić information content (AvgIpc) is 2.37. The Bertz CT molecular complexity index is 137. The first-order valence-electron chi connectivity index (χ1n) is 6.77. The molecular weight excluding hydrogens is 232 g/mol. The van der Waals surface area contributed by atoms with Gasteiger partial charge in [0.25, 0.3) is 0 Å². The van der Waals surface area contributed by atoms with Crippen molar-refractivity contribution in [2.45, 2.75) is 32.2 Å². The van der Waals surface area contributed by atoms with Crippen molar-refractivity contribution in [1.29, 1.82) is 0 Å². The number of likely N-dealkylation sites (N-methyl/N-ethyl adjacent to an activating group) is 1. The van der Waals surface area contributed by atoms with Gasteiger partial charge in [0.15, 0.2) is 0 Å². The lowest BCUT2D eigenvalue weighted by Gasteiger charge is -2.18. The molecule has 0 aliphatic heterocycles. The predicted molar refractivity (Wildman–Crippen MR) is 76.4 cm³/mol. The summed E-state index contributed by atoms with van der Waals surface area (Å²) in [7, 11) is 3.22. The van der Waals surface area contributed by atoms with E-state index in [1.165, 1.54) is 12.5 Å². The molecule has 0 heterocycles. The summed E-state index contributed by atoms with van der Waals surface area (Å²) in [6, 6.07) is 1.28. The minimum Gasteiger partial charge on any atom is -0.360 e. The van der Waals surface area contributed by atoms with Gasteiger partial charge in [-0.15, -0.1) is 0 Å². The maximum absolute atomic E-state index is 5.20. The van der Waals surface area contributed by atoms with Crippen molar-refractivity contribution in [3.05, 3.63) is 0 Å². The molecule has 4 nitrogen and oxygen atoms in total. The van der Waals surface area contributed by atoms with Gasteiger partial charge in [0.2, 0.25) is 0 Å². The van der Waals surface area contributed by atoms with Crippen molar-refractivity contribution < 1.29 is 9.47 Å². The van der Waals surface area contributed by atoms with Crippen LogP contribution >= 0.6 is 0 Å². The SMILES string of the molecule is CCN(CC)CCNCCC[SiH2]C(OC)OC. The van der Waals surface area contributed by atoms with Gasteiger partial charge in [0, 0.05) is 27.3 Å². The van der Waals surface area contributed by atoms with Crippen LogP contribution in [0.1, 0.15) is 20.3 Å². The maximum atomic E-state index is 5.20. The first kappa shape index (κ1) is 17.1. The first-order chi connectivity index (χ1) is 8.28. The summed E-state index contributed by atoms with van der Waals surface area (Å²) >= 11 is 0. The Morgan fingerprint density at radius 1 is 1.12 bits per heavy atom. The fraction of sp³-hybridized carbons (Fsp3) is 1.00. The fourth-order valence-electron chi connectivity index (χ4n) is 1.79. The smallest absolute Gasteiger partial charge is 0.134 e. The molecule has 0 bridgehead atoms. The lowest BCUT2D eigenvalue weighted by Crippen LogP contribution is -2.32. The highest BCUT2D eigenvalue weighted by Gasteiger charge is 2.04. The van der Waals surface area contributed by atoms with Crippen molar-refractivity contribution in [2.75, 3.05) is 46.9 Å². The highest BCUT2D eigenvalue weighted by atomic mass is 28.2. The lowest BCUT2D eigenvalue weighted by molar-refractivity contribution is -0.0441. The quantitative estimate of drug-likeness (QED) is 0.315. The van der Waals surface area contributed by atoms with Crippen LogP contribution in [0, 0.1) is 0 Å². The highest BCUT2D eigenvalue weighted by molar-refractivity contribution is 6.36. The molecule has 0 atom stereocenters. The van der Waals surface area contributed by atoms with E-state index in [0.29, 0.717) is 0 Å². The third kappa shape index (κ3) is 9.73. The Kier molecular flexibility index (Phi) is 12.6. The van der Waals surface area contributed by atoms with Gasteiger partial charge in [0.1, 0.15) is 5.91 Å². The van der Waals surface area contributed by atoms with Crippen LogP contribution in [0.4, 0.5) is 0 Å². The highest BCUT2D eigenvalue weighted by Crippen LogP contribution is 1.95. The second kappa shape index (κ2) is 12.5. The molecule has 0 fully saturated rings. The standard InChI is InChI=1S/C12H30N2O2Si/c1-5-14(6-2)10-9-13-8-7-11-17-12(15-3)16-4/h12-13H,5-11,17H2,1-4H3. The van der Waals surface area contributed by atoms with Crippen LogP contribution < -0.4 is 5.32 Å². The third-order valence-corrected chi connectivity index (χ3v) is 5.11. The maximum Gasteiger partial charge on any atom is 0.134 e. The first-order valence-corrected chi connectivity index (χ1v) is 8.58. The Morgan fingerprint density at radius 2 is 1.76 bits per heavy atom. The van der Waals surface area contributed by atoms with Gasteiger partial charge < -0.3 is 19.7 Å². The number of rotatable bonds is 12. The van der Waals surface area contributed by atoms with Gasteiger partial charge >= 0.3 is 0 Å². The summed E-state index contributed by atoms with van der Waals surface area (Å²) in [6.45, 7) is 10.1. The van der Waals surface area contributed by atoms with E-state index in [4.69, 9.17) is 9.47 Å². The predicted octanol–water partition coefficient (Wildman–Crippen LogP) is 0.471. The molecule has 5 heteroatoms. The molecule has 17 heavy (non-hydrogen) atoms. The molecule has 104 valence electrons. The minimum atomic E-state index is -0.228. The Morgan fingerprint density at radius 3 is 2.29 bits per heavy atom. The molecule has 0 aromatic heterocycles. The molecule has 0 aliphatic carbocycles. The number of hydrogen-bond donors (Lipinski definition) is 1. The van der Waals surface area contributed by atoms with Crippen molar-refractivity contribution in [1.82, 2.24) is 10.2 Å². The van der Waals surface area contributed by atoms with Crippen LogP contribution in [-0.2, 0) is 9.47 Å². The van der Waals surface area contributed by atoms with E-state index >= 15 is 0 Å². The molecule has 0 aromatic rings. The van der Waals surface area contributed by atoms with Crippen LogP contribution in [0.2, 0.25) is 6.04 Å². The zero-order valence-electron chi connectivity index (χ0n) is 12.0. The second-order valence-electron chi connectivity index (χ2n) is 4.17. The van der Waals surface area contributed by atoms with E-state index in [1.807, 2.05) is 0 Å². The van der Waals surface area contributed by atoms with Crippen LogP contribution in [0.15, 0.2) is 0 Å². The molecule has 0 unspecified atom stereocenters. The average molecular weight is 262 g/mol. The summed E-state index contributed by atoms with van der Waals surface area (Å²) in [5.41, 5.74) is 0. The number of hydrogen-bond acceptors (Lipinski definition) is 4. The van der Waals surface area contributed by atoms with Crippen molar-refractivity contribution in [3.63, 3.8) is 0 Å². The fourth-order valence-corrected chi connectivity index (χ4v) is 3.14. The second-order valence-corrected chi connectivity index (χ2v) is 6.12. The van der Waals surface area contributed by atoms with Gasteiger partial charge in [-0.2, -0.15) is 0 Å². The van der Waals surface area contributed by atoms with Gasteiger partial charge in [-0.3, -0.25) is 0 Å². The monoisotopic (exact) mass is 262 g/mol. The largest absolute Gasteiger partial charge is 0.360 e. The molecular formula is C12H30N2O2Si. The molecule has 0 aliphatic rings. The van der Waals surface area contributed by atoms with E-state index < -0.39 is 0 Å². The van der Waals surface area contributed by atoms with Gasteiger partial charge in [-0.25, -0.2) is 0 Å². The van der Waals surface area contributed by atoms with Crippen LogP contribution in [-0.4, -0.2) is 67.3 Å². The Labute approximate surface area is 109 Å².